The molecule has 1 aliphatic heterocycles. The highest BCUT2D eigenvalue weighted by Crippen LogP contribution is 2.13. The van der Waals surface area contributed by atoms with E-state index in [4.69, 9.17) is 4.74 Å². The number of carboxylic acids is 1. The lowest BCUT2D eigenvalue weighted by Gasteiger charge is -2.32. The zero-order chi connectivity index (χ0) is 16.2. The number of ether oxygens (including phenoxy) is 1. The van der Waals surface area contributed by atoms with E-state index in [-0.39, 0.29) is 18.9 Å². The van der Waals surface area contributed by atoms with Crippen LogP contribution in [0.2, 0.25) is 0 Å². The molecule has 0 aliphatic carbocycles. The van der Waals surface area contributed by atoms with Crippen molar-refractivity contribution in [2.75, 3.05) is 19.8 Å². The quantitative estimate of drug-likeness (QED) is 0.899. The van der Waals surface area contributed by atoms with Crippen molar-refractivity contribution in [3.8, 4) is 5.69 Å². The van der Waals surface area contributed by atoms with Crippen LogP contribution in [-0.4, -0.2) is 57.5 Å². The third-order valence-corrected chi connectivity index (χ3v) is 3.79. The summed E-state index contributed by atoms with van der Waals surface area (Å²) in [7, 11) is 0. The summed E-state index contributed by atoms with van der Waals surface area (Å²) in [5.74, 6) is -1.24. The lowest BCUT2D eigenvalue weighted by Crippen LogP contribution is -2.53. The van der Waals surface area contributed by atoms with Gasteiger partial charge >= 0.3 is 5.97 Å². The first kappa shape index (κ1) is 15.2. The highest BCUT2D eigenvalue weighted by molar-refractivity contribution is 5.85. The van der Waals surface area contributed by atoms with E-state index in [1.165, 1.54) is 4.90 Å². The Kier molecular flexibility index (Phi) is 4.38. The first-order chi connectivity index (χ1) is 11.1. The number of carbonyl (C=O) groups excluding carboxylic acids is 1. The standard InChI is InChI=1S/C16H17N3O4/c20-15(18-8-9-23-11-14(18)16(21)22)10-12-2-4-13(5-3-12)19-7-1-6-17-19/h1-7,14H,8-11H2,(H,21,22)/t14-/m1/s1. The number of aromatic nitrogens is 2. The maximum atomic E-state index is 12.4. The third kappa shape index (κ3) is 3.40. The van der Waals surface area contributed by atoms with Crippen molar-refractivity contribution in [2.24, 2.45) is 0 Å². The molecule has 0 bridgehead atoms. The van der Waals surface area contributed by atoms with E-state index < -0.39 is 12.0 Å². The fourth-order valence-corrected chi connectivity index (χ4v) is 2.57. The molecular formula is C16H17N3O4. The van der Waals surface area contributed by atoms with Crippen LogP contribution in [0.4, 0.5) is 0 Å². The van der Waals surface area contributed by atoms with Crippen molar-refractivity contribution >= 4 is 11.9 Å². The topological polar surface area (TPSA) is 84.7 Å². The van der Waals surface area contributed by atoms with Gasteiger partial charge in [-0.05, 0) is 23.8 Å². The Balaban J connectivity index is 1.68. The molecule has 1 amide bonds. The Morgan fingerprint density at radius 2 is 2.09 bits per heavy atom. The van der Waals surface area contributed by atoms with Crippen LogP contribution in [0.3, 0.4) is 0 Å². The maximum Gasteiger partial charge on any atom is 0.328 e. The van der Waals surface area contributed by atoms with Gasteiger partial charge in [-0.25, -0.2) is 9.48 Å². The molecule has 2 aromatic rings. The van der Waals surface area contributed by atoms with E-state index in [9.17, 15) is 14.7 Å². The van der Waals surface area contributed by atoms with Gasteiger partial charge in [0.25, 0.3) is 0 Å². The summed E-state index contributed by atoms with van der Waals surface area (Å²) in [5, 5.41) is 13.3. The van der Waals surface area contributed by atoms with Crippen LogP contribution < -0.4 is 0 Å². The summed E-state index contributed by atoms with van der Waals surface area (Å²) in [6, 6.07) is 8.39. The van der Waals surface area contributed by atoms with Gasteiger partial charge in [0.15, 0.2) is 6.04 Å². The molecular weight excluding hydrogens is 298 g/mol. The van der Waals surface area contributed by atoms with Gasteiger partial charge < -0.3 is 14.7 Å². The Labute approximate surface area is 133 Å². The van der Waals surface area contributed by atoms with Crippen LogP contribution in [-0.2, 0) is 20.7 Å². The predicted octanol–water partition coefficient (Wildman–Crippen LogP) is 0.727. The second-order valence-electron chi connectivity index (χ2n) is 5.31. The first-order valence-electron chi connectivity index (χ1n) is 7.34. The molecule has 1 atom stereocenters. The van der Waals surface area contributed by atoms with E-state index in [2.05, 4.69) is 5.10 Å². The molecule has 1 saturated heterocycles. The van der Waals surface area contributed by atoms with Gasteiger partial charge in [-0.3, -0.25) is 4.79 Å². The summed E-state index contributed by atoms with van der Waals surface area (Å²) in [4.78, 5) is 25.0. The van der Waals surface area contributed by atoms with Crippen LogP contribution in [0.15, 0.2) is 42.7 Å². The Morgan fingerprint density at radius 3 is 2.74 bits per heavy atom. The number of carboxylic acid groups (broad SMARTS) is 1. The summed E-state index contributed by atoms with van der Waals surface area (Å²) < 4.78 is 6.88. The molecule has 0 spiro atoms. The van der Waals surface area contributed by atoms with Gasteiger partial charge in [0.1, 0.15) is 0 Å². The summed E-state index contributed by atoms with van der Waals surface area (Å²) in [6.45, 7) is 0.717. The Hall–Kier alpha value is -2.67. The molecule has 1 aliphatic rings. The molecule has 3 rings (SSSR count). The van der Waals surface area contributed by atoms with Crippen LogP contribution >= 0.6 is 0 Å². The molecule has 0 unspecified atom stereocenters. The second-order valence-corrected chi connectivity index (χ2v) is 5.31. The number of nitrogens with zero attached hydrogens (tertiary/aromatic N) is 3. The summed E-state index contributed by atoms with van der Waals surface area (Å²) >= 11 is 0. The lowest BCUT2D eigenvalue weighted by molar-refractivity contribution is -0.158. The minimum atomic E-state index is -1.04. The molecule has 7 nitrogen and oxygen atoms in total. The molecule has 23 heavy (non-hydrogen) atoms. The van der Waals surface area contributed by atoms with Crippen molar-refractivity contribution in [1.82, 2.24) is 14.7 Å². The number of benzene rings is 1. The Bertz CT molecular complexity index is 682. The molecule has 0 radical (unpaired) electrons. The number of amides is 1. The van der Waals surface area contributed by atoms with E-state index in [0.717, 1.165) is 11.3 Å². The monoisotopic (exact) mass is 315 g/mol. The van der Waals surface area contributed by atoms with Crippen LogP contribution in [0.5, 0.6) is 0 Å². The molecule has 1 aromatic carbocycles. The zero-order valence-corrected chi connectivity index (χ0v) is 12.5. The van der Waals surface area contributed by atoms with E-state index in [0.29, 0.717) is 13.2 Å². The molecule has 0 saturated carbocycles. The van der Waals surface area contributed by atoms with Crippen LogP contribution in [0, 0.1) is 0 Å². The molecule has 2 heterocycles. The number of hydrogen-bond donors (Lipinski definition) is 1. The molecule has 1 N–H and O–H groups in total. The van der Waals surface area contributed by atoms with E-state index in [1.807, 2.05) is 36.5 Å². The summed E-state index contributed by atoms with van der Waals surface area (Å²) in [6.07, 6.45) is 3.70. The van der Waals surface area contributed by atoms with Gasteiger partial charge in [0.05, 0.1) is 25.3 Å². The molecule has 1 aromatic heterocycles. The van der Waals surface area contributed by atoms with Crippen molar-refractivity contribution < 1.29 is 19.4 Å². The van der Waals surface area contributed by atoms with E-state index >= 15 is 0 Å². The average molecular weight is 315 g/mol. The number of aliphatic carboxylic acids is 1. The lowest BCUT2D eigenvalue weighted by atomic mass is 10.1. The largest absolute Gasteiger partial charge is 0.480 e. The van der Waals surface area contributed by atoms with Gasteiger partial charge in [0, 0.05) is 18.9 Å². The second kappa shape index (κ2) is 6.62. The molecule has 7 heteroatoms. The third-order valence-electron chi connectivity index (χ3n) is 3.79. The number of carbonyl (C=O) groups is 2. The van der Waals surface area contributed by atoms with Crippen molar-refractivity contribution in [2.45, 2.75) is 12.5 Å². The van der Waals surface area contributed by atoms with Crippen molar-refractivity contribution in [3.05, 3.63) is 48.3 Å². The molecule has 1 fully saturated rings. The minimum absolute atomic E-state index is 0.0410. The normalized spacial score (nSPS) is 17.9. The van der Waals surface area contributed by atoms with Gasteiger partial charge in [-0.15, -0.1) is 0 Å². The van der Waals surface area contributed by atoms with Crippen LogP contribution in [0.1, 0.15) is 5.56 Å². The highest BCUT2D eigenvalue weighted by atomic mass is 16.5. The first-order valence-corrected chi connectivity index (χ1v) is 7.34. The van der Waals surface area contributed by atoms with Crippen LogP contribution in [0.25, 0.3) is 5.69 Å². The fraction of sp³-hybridized carbons (Fsp3) is 0.312. The number of morpholine rings is 1. The smallest absolute Gasteiger partial charge is 0.328 e. The molecule has 120 valence electrons. The fourth-order valence-electron chi connectivity index (χ4n) is 2.57. The SMILES string of the molecule is O=C(O)[C@H]1COCCN1C(=O)Cc1ccc(-n2cccn2)cc1. The average Bonchev–Trinajstić information content (AvgIpc) is 3.10. The van der Waals surface area contributed by atoms with Crippen molar-refractivity contribution in [1.29, 1.82) is 0 Å². The minimum Gasteiger partial charge on any atom is -0.480 e. The van der Waals surface area contributed by atoms with Gasteiger partial charge in [0.2, 0.25) is 5.91 Å². The maximum absolute atomic E-state index is 12.4. The Morgan fingerprint density at radius 1 is 1.30 bits per heavy atom. The zero-order valence-electron chi connectivity index (χ0n) is 12.5. The summed E-state index contributed by atoms with van der Waals surface area (Å²) in [5.41, 5.74) is 1.74. The number of hydrogen-bond acceptors (Lipinski definition) is 4. The highest BCUT2D eigenvalue weighted by Gasteiger charge is 2.32. The predicted molar refractivity (Wildman–Crippen MR) is 81.2 cm³/mol. The van der Waals surface area contributed by atoms with Gasteiger partial charge in [-0.1, -0.05) is 12.1 Å². The number of rotatable bonds is 4. The van der Waals surface area contributed by atoms with E-state index in [1.54, 1.807) is 10.9 Å². The van der Waals surface area contributed by atoms with Crippen molar-refractivity contribution in [3.63, 3.8) is 0 Å². The van der Waals surface area contributed by atoms with Gasteiger partial charge in [-0.2, -0.15) is 5.10 Å².